The molecule has 1 N–H and O–H groups in total. The Morgan fingerprint density at radius 2 is 2.13 bits per heavy atom. The van der Waals surface area contributed by atoms with Crippen LogP contribution < -0.4 is 4.74 Å². The van der Waals surface area contributed by atoms with Crippen LogP contribution in [0.5, 0.6) is 5.75 Å². The maximum atomic E-state index is 11.6. The van der Waals surface area contributed by atoms with Crippen LogP contribution in [0.4, 0.5) is 4.79 Å². The van der Waals surface area contributed by atoms with Crippen molar-refractivity contribution in [1.82, 2.24) is 14.8 Å². The van der Waals surface area contributed by atoms with E-state index in [-0.39, 0.29) is 11.3 Å². The number of pyridine rings is 1. The summed E-state index contributed by atoms with van der Waals surface area (Å²) in [5, 5.41) is 24.2. The van der Waals surface area contributed by atoms with Gasteiger partial charge in [0.1, 0.15) is 23.1 Å². The van der Waals surface area contributed by atoms with Gasteiger partial charge < -0.3 is 9.84 Å². The third kappa shape index (κ3) is 2.99. The second-order valence-electron chi connectivity index (χ2n) is 7.91. The average Bonchev–Trinajstić information content (AvgIpc) is 3.49. The van der Waals surface area contributed by atoms with Gasteiger partial charge in [0, 0.05) is 11.3 Å². The predicted octanol–water partition coefficient (Wildman–Crippen LogP) is 5.12. The van der Waals surface area contributed by atoms with Gasteiger partial charge in [-0.15, -0.1) is 0 Å². The summed E-state index contributed by atoms with van der Waals surface area (Å²) in [5.74, 6) is 0.957. The van der Waals surface area contributed by atoms with E-state index in [4.69, 9.17) is 16.3 Å². The zero-order chi connectivity index (χ0) is 21.0. The molecular formula is C22H19ClN4O3. The van der Waals surface area contributed by atoms with Crippen molar-refractivity contribution in [3.63, 3.8) is 0 Å². The molecule has 8 heteroatoms. The van der Waals surface area contributed by atoms with Crippen molar-refractivity contribution in [3.8, 4) is 11.8 Å². The molecule has 0 radical (unpaired) electrons. The number of rotatable bonds is 3. The van der Waals surface area contributed by atoms with Gasteiger partial charge in [0.05, 0.1) is 22.5 Å². The summed E-state index contributed by atoms with van der Waals surface area (Å²) >= 11 is 6.25. The molecule has 1 saturated carbocycles. The summed E-state index contributed by atoms with van der Waals surface area (Å²) in [6.45, 7) is 1.90. The summed E-state index contributed by atoms with van der Waals surface area (Å²) in [5.41, 5.74) is 4.49. The van der Waals surface area contributed by atoms with Crippen LogP contribution in [0.3, 0.4) is 0 Å². The molecule has 2 aliphatic carbocycles. The lowest BCUT2D eigenvalue weighted by Gasteiger charge is -2.27. The Morgan fingerprint density at radius 3 is 2.83 bits per heavy atom. The van der Waals surface area contributed by atoms with Crippen LogP contribution in [0.1, 0.15) is 65.8 Å². The van der Waals surface area contributed by atoms with E-state index in [0.29, 0.717) is 22.7 Å². The fraction of sp³-hybridized carbons (Fsp3) is 0.364. The third-order valence-corrected chi connectivity index (χ3v) is 6.25. The SMILES string of the molecule is Cc1c(C#N)c(Cl)nc2c1CCCC2Oc1ccc2c(c1)c(C1CC1)nn2C(=O)O. The minimum absolute atomic E-state index is 0.207. The minimum atomic E-state index is -1.09. The second-order valence-corrected chi connectivity index (χ2v) is 8.27. The maximum Gasteiger partial charge on any atom is 0.432 e. The standard InChI is InChI=1S/C22H19ClN4O3/c1-11-14-3-2-4-18(20(14)25-21(23)16(11)10-24)30-13-7-8-17-15(9-13)19(12-5-6-12)26-27(17)22(28)29/h7-9,12,18H,2-6H2,1H3,(H,28,29). The van der Waals surface area contributed by atoms with E-state index in [1.807, 2.05) is 13.0 Å². The van der Waals surface area contributed by atoms with Gasteiger partial charge in [-0.2, -0.15) is 15.0 Å². The number of hydrogen-bond donors (Lipinski definition) is 1. The number of benzene rings is 1. The van der Waals surface area contributed by atoms with E-state index in [1.165, 1.54) is 0 Å². The highest BCUT2D eigenvalue weighted by Crippen LogP contribution is 2.44. The largest absolute Gasteiger partial charge is 0.484 e. The molecule has 1 unspecified atom stereocenters. The lowest BCUT2D eigenvalue weighted by Crippen LogP contribution is -2.19. The first-order chi connectivity index (χ1) is 14.5. The molecular weight excluding hydrogens is 404 g/mol. The van der Waals surface area contributed by atoms with Crippen molar-refractivity contribution >= 4 is 28.6 Å². The van der Waals surface area contributed by atoms with Crippen LogP contribution in [0.2, 0.25) is 5.15 Å². The van der Waals surface area contributed by atoms with Gasteiger partial charge in [-0.1, -0.05) is 11.6 Å². The Bertz CT molecular complexity index is 1240. The molecule has 0 bridgehead atoms. The van der Waals surface area contributed by atoms with Crippen molar-refractivity contribution in [1.29, 1.82) is 5.26 Å². The average molecular weight is 423 g/mol. The first kappa shape index (κ1) is 18.9. The van der Waals surface area contributed by atoms with Crippen LogP contribution in [-0.4, -0.2) is 26.0 Å². The summed E-state index contributed by atoms with van der Waals surface area (Å²) in [6.07, 6.45) is 3.25. The van der Waals surface area contributed by atoms with Crippen LogP contribution in [0, 0.1) is 18.3 Å². The molecule has 7 nitrogen and oxygen atoms in total. The summed E-state index contributed by atoms with van der Waals surface area (Å²) in [7, 11) is 0. The number of aromatic nitrogens is 3. The number of hydrogen-bond acceptors (Lipinski definition) is 5. The van der Waals surface area contributed by atoms with Crippen molar-refractivity contribution in [3.05, 3.63) is 51.4 Å². The second kappa shape index (κ2) is 6.99. The Kier molecular flexibility index (Phi) is 4.40. The van der Waals surface area contributed by atoms with Crippen molar-refractivity contribution < 1.29 is 14.6 Å². The Hall–Kier alpha value is -3.11. The van der Waals surface area contributed by atoms with Crippen LogP contribution in [0.25, 0.3) is 10.9 Å². The fourth-order valence-electron chi connectivity index (χ4n) is 4.32. The smallest absolute Gasteiger partial charge is 0.432 e. The van der Waals surface area contributed by atoms with Gasteiger partial charge >= 0.3 is 6.09 Å². The van der Waals surface area contributed by atoms with E-state index in [1.54, 1.807) is 12.1 Å². The number of carboxylic acid groups (broad SMARTS) is 1. The molecule has 2 aliphatic rings. The topological polar surface area (TPSA) is 101 Å². The van der Waals surface area contributed by atoms with Crippen LogP contribution in [0.15, 0.2) is 18.2 Å². The van der Waals surface area contributed by atoms with E-state index >= 15 is 0 Å². The molecule has 0 amide bonds. The summed E-state index contributed by atoms with van der Waals surface area (Å²) in [6, 6.07) is 7.53. The molecule has 5 rings (SSSR count). The predicted molar refractivity (Wildman–Crippen MR) is 110 cm³/mol. The highest BCUT2D eigenvalue weighted by Gasteiger charge is 2.31. The molecule has 152 valence electrons. The van der Waals surface area contributed by atoms with Gasteiger partial charge in [-0.25, -0.2) is 9.78 Å². The van der Waals surface area contributed by atoms with Gasteiger partial charge in [-0.3, -0.25) is 0 Å². The molecule has 2 aromatic heterocycles. The van der Waals surface area contributed by atoms with E-state index in [9.17, 15) is 15.2 Å². The molecule has 30 heavy (non-hydrogen) atoms. The van der Waals surface area contributed by atoms with Crippen molar-refractivity contribution in [2.24, 2.45) is 0 Å². The van der Waals surface area contributed by atoms with E-state index in [2.05, 4.69) is 16.2 Å². The highest BCUT2D eigenvalue weighted by molar-refractivity contribution is 6.30. The number of fused-ring (bicyclic) bond motifs is 2. The zero-order valence-corrected chi connectivity index (χ0v) is 17.1. The highest BCUT2D eigenvalue weighted by atomic mass is 35.5. The van der Waals surface area contributed by atoms with Crippen molar-refractivity contribution in [2.75, 3.05) is 0 Å². The zero-order valence-electron chi connectivity index (χ0n) is 16.4. The molecule has 1 aromatic carbocycles. The number of halogens is 1. The maximum absolute atomic E-state index is 11.6. The van der Waals surface area contributed by atoms with Crippen molar-refractivity contribution in [2.45, 2.75) is 51.0 Å². The van der Waals surface area contributed by atoms with E-state index < -0.39 is 6.09 Å². The first-order valence-corrected chi connectivity index (χ1v) is 10.4. The van der Waals surface area contributed by atoms with Crippen LogP contribution >= 0.6 is 11.6 Å². The van der Waals surface area contributed by atoms with Gasteiger partial charge in [0.25, 0.3) is 0 Å². The summed E-state index contributed by atoms with van der Waals surface area (Å²) in [4.78, 5) is 16.0. The first-order valence-electron chi connectivity index (χ1n) is 9.99. The Morgan fingerprint density at radius 1 is 1.33 bits per heavy atom. The minimum Gasteiger partial charge on any atom is -0.484 e. The van der Waals surface area contributed by atoms with Gasteiger partial charge in [0.15, 0.2) is 0 Å². The summed E-state index contributed by atoms with van der Waals surface area (Å²) < 4.78 is 7.35. The number of nitrogens with zero attached hydrogens (tertiary/aromatic N) is 4. The van der Waals surface area contributed by atoms with Gasteiger partial charge in [0.2, 0.25) is 0 Å². The third-order valence-electron chi connectivity index (χ3n) is 5.98. The molecule has 1 fully saturated rings. The lowest BCUT2D eigenvalue weighted by molar-refractivity contribution is 0.178. The van der Waals surface area contributed by atoms with E-state index in [0.717, 1.165) is 64.7 Å². The fourth-order valence-corrected chi connectivity index (χ4v) is 4.59. The molecule has 0 aliphatic heterocycles. The number of nitriles is 1. The van der Waals surface area contributed by atoms with Crippen LogP contribution in [-0.2, 0) is 6.42 Å². The Labute approximate surface area is 177 Å². The molecule has 0 spiro atoms. The molecule has 3 aromatic rings. The molecule has 2 heterocycles. The number of carbonyl (C=O) groups is 1. The molecule has 1 atom stereocenters. The molecule has 0 saturated heterocycles. The quantitative estimate of drug-likeness (QED) is 0.587. The normalized spacial score (nSPS) is 18.1. The number of ether oxygens (including phenoxy) is 1. The monoisotopic (exact) mass is 422 g/mol. The lowest BCUT2D eigenvalue weighted by atomic mass is 9.89. The Balaban J connectivity index is 1.54. The van der Waals surface area contributed by atoms with Gasteiger partial charge in [-0.05, 0) is 68.4 Å².